The van der Waals surface area contributed by atoms with Crippen molar-refractivity contribution >= 4 is 5.97 Å². The van der Waals surface area contributed by atoms with E-state index in [1.807, 2.05) is 0 Å². The van der Waals surface area contributed by atoms with Crippen LogP contribution in [0.25, 0.3) is 0 Å². The van der Waals surface area contributed by atoms with Gasteiger partial charge in [0.2, 0.25) is 0 Å². The monoisotopic (exact) mass is 202 g/mol. The Morgan fingerprint density at radius 3 is 3.00 bits per heavy atom. The van der Waals surface area contributed by atoms with Gasteiger partial charge in [0.1, 0.15) is 18.8 Å². The number of aliphatic hydroxyl groups excluding tert-OH is 1. The highest BCUT2D eigenvalue weighted by atomic mass is 16.6. The van der Waals surface area contributed by atoms with Crippen molar-refractivity contribution in [1.82, 2.24) is 0 Å². The predicted molar refractivity (Wildman–Crippen MR) is 47.7 cm³/mol. The number of ether oxygens (including phenoxy) is 3. The maximum absolute atomic E-state index is 10.6. The normalized spacial score (nSPS) is 21.4. The predicted octanol–water partition coefficient (Wildman–Crippen LogP) is -0.508. The molecule has 1 aliphatic rings. The molecule has 0 saturated carbocycles. The van der Waals surface area contributed by atoms with E-state index in [2.05, 4.69) is 11.3 Å². The summed E-state index contributed by atoms with van der Waals surface area (Å²) in [6.45, 7) is 4.50. The first-order chi connectivity index (χ1) is 6.72. The zero-order valence-corrected chi connectivity index (χ0v) is 7.85. The first-order valence-corrected chi connectivity index (χ1v) is 4.39. The first-order valence-electron chi connectivity index (χ1n) is 4.39. The third-order valence-corrected chi connectivity index (χ3v) is 1.60. The molecule has 1 fully saturated rings. The summed E-state index contributed by atoms with van der Waals surface area (Å²) in [7, 11) is 0. The standard InChI is InChI=1S/C9H14O5/c1-2-9(11)14-4-7(10)3-12-5-8-6-13-8/h2,7-8,10H,1,3-6H2. The third kappa shape index (κ3) is 4.96. The van der Waals surface area contributed by atoms with Crippen molar-refractivity contribution in [3.8, 4) is 0 Å². The molecule has 0 bridgehead atoms. The molecule has 0 radical (unpaired) electrons. The second kappa shape index (κ2) is 5.74. The summed E-state index contributed by atoms with van der Waals surface area (Å²) < 4.78 is 14.6. The van der Waals surface area contributed by atoms with E-state index >= 15 is 0 Å². The number of epoxide rings is 1. The fourth-order valence-corrected chi connectivity index (χ4v) is 0.785. The second-order valence-corrected chi connectivity index (χ2v) is 2.98. The summed E-state index contributed by atoms with van der Waals surface area (Å²) in [5.74, 6) is -0.547. The highest BCUT2D eigenvalue weighted by Gasteiger charge is 2.22. The van der Waals surface area contributed by atoms with Crippen molar-refractivity contribution in [3.05, 3.63) is 12.7 Å². The molecule has 14 heavy (non-hydrogen) atoms. The van der Waals surface area contributed by atoms with Crippen LogP contribution in [0.4, 0.5) is 0 Å². The molecule has 1 aliphatic heterocycles. The van der Waals surface area contributed by atoms with E-state index in [9.17, 15) is 9.90 Å². The average molecular weight is 202 g/mol. The number of hydrogen-bond donors (Lipinski definition) is 1. The van der Waals surface area contributed by atoms with Gasteiger partial charge in [-0.2, -0.15) is 0 Å². The Hall–Kier alpha value is -0.910. The Bertz CT molecular complexity index is 199. The van der Waals surface area contributed by atoms with Gasteiger partial charge in [-0.25, -0.2) is 4.79 Å². The topological polar surface area (TPSA) is 68.3 Å². The highest BCUT2D eigenvalue weighted by Crippen LogP contribution is 2.08. The van der Waals surface area contributed by atoms with Gasteiger partial charge in [0, 0.05) is 6.08 Å². The highest BCUT2D eigenvalue weighted by molar-refractivity contribution is 5.81. The third-order valence-electron chi connectivity index (χ3n) is 1.60. The maximum atomic E-state index is 10.6. The van der Waals surface area contributed by atoms with Gasteiger partial charge >= 0.3 is 5.97 Å². The van der Waals surface area contributed by atoms with Crippen molar-refractivity contribution < 1.29 is 24.1 Å². The Balaban J connectivity index is 1.94. The van der Waals surface area contributed by atoms with E-state index in [1.165, 1.54) is 0 Å². The van der Waals surface area contributed by atoms with E-state index in [4.69, 9.17) is 9.47 Å². The minimum absolute atomic E-state index is 0.0730. The van der Waals surface area contributed by atoms with Gasteiger partial charge < -0.3 is 19.3 Å². The Kier molecular flexibility index (Phi) is 4.58. The van der Waals surface area contributed by atoms with E-state index in [1.54, 1.807) is 0 Å². The van der Waals surface area contributed by atoms with E-state index in [0.29, 0.717) is 6.61 Å². The van der Waals surface area contributed by atoms with Crippen LogP contribution < -0.4 is 0 Å². The first kappa shape index (κ1) is 11.2. The van der Waals surface area contributed by atoms with Gasteiger partial charge in [-0.05, 0) is 0 Å². The molecule has 2 unspecified atom stereocenters. The summed E-state index contributed by atoms with van der Waals surface area (Å²) in [4.78, 5) is 10.6. The van der Waals surface area contributed by atoms with E-state index in [0.717, 1.165) is 12.7 Å². The van der Waals surface area contributed by atoms with Crippen LogP contribution in [0.15, 0.2) is 12.7 Å². The SMILES string of the molecule is C=CC(=O)OCC(O)COCC1CO1. The Morgan fingerprint density at radius 2 is 2.43 bits per heavy atom. The molecule has 0 amide bonds. The molecule has 0 spiro atoms. The summed E-state index contributed by atoms with van der Waals surface area (Å²) in [5, 5.41) is 9.25. The molecule has 0 aliphatic carbocycles. The molecule has 2 atom stereocenters. The molecule has 0 aromatic rings. The van der Waals surface area contributed by atoms with Crippen LogP contribution in [0.5, 0.6) is 0 Å². The van der Waals surface area contributed by atoms with Crippen LogP contribution in [0, 0.1) is 0 Å². The van der Waals surface area contributed by atoms with Gasteiger partial charge in [0.05, 0.1) is 19.8 Å². The minimum atomic E-state index is -0.794. The molecule has 5 nitrogen and oxygen atoms in total. The molecule has 0 aromatic heterocycles. The summed E-state index contributed by atoms with van der Waals surface area (Å²) in [6, 6.07) is 0. The van der Waals surface area contributed by atoms with E-state index in [-0.39, 0.29) is 19.3 Å². The van der Waals surface area contributed by atoms with Crippen LogP contribution >= 0.6 is 0 Å². The largest absolute Gasteiger partial charge is 0.460 e. The lowest BCUT2D eigenvalue weighted by Crippen LogP contribution is -2.24. The van der Waals surface area contributed by atoms with Gasteiger partial charge in [-0.3, -0.25) is 0 Å². The average Bonchev–Trinajstić information content (AvgIpc) is 2.98. The molecular weight excluding hydrogens is 188 g/mol. The van der Waals surface area contributed by atoms with Crippen molar-refractivity contribution in [2.45, 2.75) is 12.2 Å². The van der Waals surface area contributed by atoms with Crippen LogP contribution in [0.1, 0.15) is 0 Å². The van der Waals surface area contributed by atoms with Crippen molar-refractivity contribution in [3.63, 3.8) is 0 Å². The zero-order valence-electron chi connectivity index (χ0n) is 7.85. The molecule has 1 rings (SSSR count). The molecule has 5 heteroatoms. The lowest BCUT2D eigenvalue weighted by molar-refractivity contribution is -0.141. The second-order valence-electron chi connectivity index (χ2n) is 2.98. The lowest BCUT2D eigenvalue weighted by Gasteiger charge is -2.10. The summed E-state index contributed by atoms with van der Waals surface area (Å²) in [5.41, 5.74) is 0. The van der Waals surface area contributed by atoms with Crippen LogP contribution in [-0.2, 0) is 19.0 Å². The van der Waals surface area contributed by atoms with Gasteiger partial charge in [0.25, 0.3) is 0 Å². The maximum Gasteiger partial charge on any atom is 0.330 e. The molecular formula is C9H14O5. The minimum Gasteiger partial charge on any atom is -0.460 e. The number of carbonyl (C=O) groups excluding carboxylic acids is 1. The number of carbonyl (C=O) groups is 1. The smallest absolute Gasteiger partial charge is 0.330 e. The quantitative estimate of drug-likeness (QED) is 0.342. The van der Waals surface area contributed by atoms with Gasteiger partial charge in [-0.1, -0.05) is 6.58 Å². The molecule has 0 aromatic carbocycles. The lowest BCUT2D eigenvalue weighted by atomic mass is 10.4. The Labute approximate surface area is 82.3 Å². The molecule has 1 heterocycles. The molecule has 1 saturated heterocycles. The molecule has 1 N–H and O–H groups in total. The zero-order chi connectivity index (χ0) is 10.4. The fourth-order valence-electron chi connectivity index (χ4n) is 0.785. The fraction of sp³-hybridized carbons (Fsp3) is 0.667. The molecule has 80 valence electrons. The van der Waals surface area contributed by atoms with Crippen LogP contribution in [-0.4, -0.2) is 49.7 Å². The number of hydrogen-bond acceptors (Lipinski definition) is 5. The van der Waals surface area contributed by atoms with Crippen molar-refractivity contribution in [2.24, 2.45) is 0 Å². The van der Waals surface area contributed by atoms with Crippen molar-refractivity contribution in [2.75, 3.05) is 26.4 Å². The summed E-state index contributed by atoms with van der Waals surface area (Å²) in [6.07, 6.45) is 0.432. The number of esters is 1. The van der Waals surface area contributed by atoms with Crippen LogP contribution in [0.3, 0.4) is 0 Å². The number of rotatable bonds is 7. The van der Waals surface area contributed by atoms with Crippen molar-refractivity contribution in [1.29, 1.82) is 0 Å². The van der Waals surface area contributed by atoms with Gasteiger partial charge in [0.15, 0.2) is 0 Å². The summed E-state index contributed by atoms with van der Waals surface area (Å²) >= 11 is 0. The van der Waals surface area contributed by atoms with Gasteiger partial charge in [-0.15, -0.1) is 0 Å². The van der Waals surface area contributed by atoms with Crippen LogP contribution in [0.2, 0.25) is 0 Å². The number of aliphatic hydroxyl groups is 1. The Morgan fingerprint density at radius 1 is 1.71 bits per heavy atom. The van der Waals surface area contributed by atoms with E-state index < -0.39 is 12.1 Å².